The van der Waals surface area contributed by atoms with E-state index in [-0.39, 0.29) is 12.1 Å². The minimum absolute atomic E-state index is 0.00541. The van der Waals surface area contributed by atoms with Gasteiger partial charge in [0.05, 0.1) is 5.60 Å². The summed E-state index contributed by atoms with van der Waals surface area (Å²) in [5.41, 5.74) is 6.71. The van der Waals surface area contributed by atoms with Gasteiger partial charge in [0.2, 0.25) is 0 Å². The van der Waals surface area contributed by atoms with Crippen molar-refractivity contribution in [3.8, 4) is 0 Å². The van der Waals surface area contributed by atoms with Crippen LogP contribution in [0.25, 0.3) is 0 Å². The van der Waals surface area contributed by atoms with Crippen LogP contribution < -0.4 is 5.73 Å². The first-order chi connectivity index (χ1) is 9.52. The summed E-state index contributed by atoms with van der Waals surface area (Å²) in [6.45, 7) is 3.91. The normalized spacial score (nSPS) is 21.6. The van der Waals surface area contributed by atoms with Crippen LogP contribution in [-0.2, 0) is 4.74 Å². The van der Waals surface area contributed by atoms with Gasteiger partial charge in [-0.2, -0.15) is 0 Å². The van der Waals surface area contributed by atoms with Gasteiger partial charge in [0.25, 0.3) is 0 Å². The van der Waals surface area contributed by atoms with Gasteiger partial charge in [-0.15, -0.1) is 0 Å². The summed E-state index contributed by atoms with van der Waals surface area (Å²) in [5.74, 6) is 0. The molecule has 2 atom stereocenters. The lowest BCUT2D eigenvalue weighted by Crippen LogP contribution is -2.49. The highest BCUT2D eigenvalue weighted by atomic mass is 16.5. The van der Waals surface area contributed by atoms with Crippen molar-refractivity contribution in [2.45, 2.75) is 37.5 Å². The fourth-order valence-corrected chi connectivity index (χ4v) is 3.08. The minimum Gasteiger partial charge on any atom is -0.388 e. The monoisotopic (exact) mass is 278 g/mol. The summed E-state index contributed by atoms with van der Waals surface area (Å²) >= 11 is 0. The zero-order valence-electron chi connectivity index (χ0n) is 12.5. The smallest absolute Gasteiger partial charge is 0.0818 e. The van der Waals surface area contributed by atoms with Crippen LogP contribution in [0, 0.1) is 0 Å². The Balaban J connectivity index is 2.09. The molecular weight excluding hydrogens is 252 g/mol. The number of nitrogens with two attached hydrogens (primary N) is 1. The third-order valence-corrected chi connectivity index (χ3v) is 4.08. The van der Waals surface area contributed by atoms with Crippen LogP contribution >= 0.6 is 0 Å². The third kappa shape index (κ3) is 3.79. The van der Waals surface area contributed by atoms with Gasteiger partial charge < -0.3 is 15.6 Å². The molecule has 0 aromatic heterocycles. The Bertz CT molecular complexity index is 402. The van der Waals surface area contributed by atoms with Crippen molar-refractivity contribution in [2.24, 2.45) is 5.73 Å². The Kier molecular flexibility index (Phi) is 5.16. The maximum Gasteiger partial charge on any atom is 0.0818 e. The molecule has 1 saturated heterocycles. The van der Waals surface area contributed by atoms with Crippen LogP contribution in [0.3, 0.4) is 0 Å². The van der Waals surface area contributed by atoms with Crippen molar-refractivity contribution in [3.05, 3.63) is 35.9 Å². The number of rotatable bonds is 5. The van der Waals surface area contributed by atoms with E-state index in [0.717, 1.165) is 0 Å². The van der Waals surface area contributed by atoms with Crippen LogP contribution in [0.4, 0.5) is 0 Å². The van der Waals surface area contributed by atoms with Gasteiger partial charge in [-0.25, -0.2) is 0 Å². The SMILES string of the molecule is CC(N)C(c1ccccc1)N(C)CC1(O)CCOCC1. The van der Waals surface area contributed by atoms with Crippen molar-refractivity contribution in [2.75, 3.05) is 26.8 Å². The van der Waals surface area contributed by atoms with Gasteiger partial charge in [0, 0.05) is 44.7 Å². The summed E-state index contributed by atoms with van der Waals surface area (Å²) in [6.07, 6.45) is 1.38. The molecular formula is C16H26N2O2. The Hall–Kier alpha value is -0.940. The summed E-state index contributed by atoms with van der Waals surface area (Å²) in [7, 11) is 2.04. The van der Waals surface area contributed by atoms with Crippen molar-refractivity contribution in [1.29, 1.82) is 0 Å². The Labute approximate surface area is 121 Å². The van der Waals surface area contributed by atoms with Gasteiger partial charge in [-0.05, 0) is 19.5 Å². The van der Waals surface area contributed by atoms with Crippen molar-refractivity contribution in [3.63, 3.8) is 0 Å². The highest BCUT2D eigenvalue weighted by Crippen LogP contribution is 2.27. The minimum atomic E-state index is -0.658. The number of nitrogens with zero attached hydrogens (tertiary/aromatic N) is 1. The molecule has 1 aliphatic heterocycles. The maximum atomic E-state index is 10.7. The Morgan fingerprint density at radius 2 is 1.90 bits per heavy atom. The van der Waals surface area contributed by atoms with Crippen molar-refractivity contribution >= 4 is 0 Å². The second-order valence-electron chi connectivity index (χ2n) is 5.97. The largest absolute Gasteiger partial charge is 0.388 e. The number of aliphatic hydroxyl groups is 1. The van der Waals surface area contributed by atoms with Gasteiger partial charge >= 0.3 is 0 Å². The molecule has 2 rings (SSSR count). The maximum absolute atomic E-state index is 10.7. The van der Waals surface area contributed by atoms with Gasteiger partial charge in [-0.3, -0.25) is 4.90 Å². The van der Waals surface area contributed by atoms with E-state index >= 15 is 0 Å². The van der Waals surface area contributed by atoms with Crippen LogP contribution in [0.15, 0.2) is 30.3 Å². The van der Waals surface area contributed by atoms with E-state index in [9.17, 15) is 5.11 Å². The first-order valence-corrected chi connectivity index (χ1v) is 7.33. The molecule has 0 spiro atoms. The Morgan fingerprint density at radius 1 is 1.30 bits per heavy atom. The molecule has 4 nitrogen and oxygen atoms in total. The molecule has 0 saturated carbocycles. The number of likely N-dealkylation sites (N-methyl/N-ethyl adjacent to an activating group) is 1. The molecule has 1 aromatic carbocycles. The van der Waals surface area contributed by atoms with Crippen LogP contribution in [0.1, 0.15) is 31.4 Å². The highest BCUT2D eigenvalue weighted by molar-refractivity contribution is 5.20. The molecule has 0 amide bonds. The number of benzene rings is 1. The van der Waals surface area contributed by atoms with E-state index in [1.54, 1.807) is 0 Å². The van der Waals surface area contributed by atoms with E-state index in [4.69, 9.17) is 10.5 Å². The molecule has 1 heterocycles. The second kappa shape index (κ2) is 6.68. The number of ether oxygens (including phenoxy) is 1. The van der Waals surface area contributed by atoms with Gasteiger partial charge in [0.15, 0.2) is 0 Å². The predicted molar refractivity (Wildman–Crippen MR) is 80.5 cm³/mol. The van der Waals surface area contributed by atoms with Gasteiger partial charge in [0.1, 0.15) is 0 Å². The number of hydrogen-bond acceptors (Lipinski definition) is 4. The predicted octanol–water partition coefficient (Wildman–Crippen LogP) is 1.55. The summed E-state index contributed by atoms with van der Waals surface area (Å²) < 4.78 is 5.34. The summed E-state index contributed by atoms with van der Waals surface area (Å²) in [6, 6.07) is 10.4. The van der Waals surface area contributed by atoms with E-state index < -0.39 is 5.60 Å². The first kappa shape index (κ1) is 15.4. The highest BCUT2D eigenvalue weighted by Gasteiger charge is 2.34. The Morgan fingerprint density at radius 3 is 2.45 bits per heavy atom. The van der Waals surface area contributed by atoms with Crippen LogP contribution in [-0.4, -0.2) is 48.5 Å². The molecule has 4 heteroatoms. The molecule has 1 aliphatic rings. The zero-order valence-corrected chi connectivity index (χ0v) is 12.5. The van der Waals surface area contributed by atoms with Crippen molar-refractivity contribution < 1.29 is 9.84 Å². The fourth-order valence-electron chi connectivity index (χ4n) is 3.08. The lowest BCUT2D eigenvalue weighted by atomic mass is 9.91. The van der Waals surface area contributed by atoms with Gasteiger partial charge in [-0.1, -0.05) is 30.3 Å². The molecule has 0 radical (unpaired) electrons. The lowest BCUT2D eigenvalue weighted by Gasteiger charge is -2.39. The quantitative estimate of drug-likeness (QED) is 0.858. The molecule has 0 aliphatic carbocycles. The van der Waals surface area contributed by atoms with E-state index in [2.05, 4.69) is 17.0 Å². The standard InChI is InChI=1S/C16H26N2O2/c1-13(17)15(14-6-4-3-5-7-14)18(2)12-16(19)8-10-20-11-9-16/h3-7,13,15,19H,8-12,17H2,1-2H3. The van der Waals surface area contributed by atoms with Crippen molar-refractivity contribution in [1.82, 2.24) is 4.90 Å². The second-order valence-corrected chi connectivity index (χ2v) is 5.97. The molecule has 20 heavy (non-hydrogen) atoms. The number of hydrogen-bond donors (Lipinski definition) is 2. The summed E-state index contributed by atoms with van der Waals surface area (Å²) in [4.78, 5) is 2.17. The van der Waals surface area contributed by atoms with Crippen LogP contribution in [0.2, 0.25) is 0 Å². The zero-order chi connectivity index (χ0) is 14.6. The topological polar surface area (TPSA) is 58.7 Å². The average Bonchev–Trinajstić information content (AvgIpc) is 2.39. The summed E-state index contributed by atoms with van der Waals surface area (Å²) in [5, 5.41) is 10.7. The third-order valence-electron chi connectivity index (χ3n) is 4.08. The molecule has 112 valence electrons. The van der Waals surface area contributed by atoms with Crippen LogP contribution in [0.5, 0.6) is 0 Å². The lowest BCUT2D eigenvalue weighted by molar-refractivity contribution is -0.0824. The first-order valence-electron chi connectivity index (χ1n) is 7.33. The molecule has 1 aromatic rings. The fraction of sp³-hybridized carbons (Fsp3) is 0.625. The molecule has 0 bridgehead atoms. The van der Waals surface area contributed by atoms with E-state index in [1.807, 2.05) is 32.2 Å². The molecule has 1 fully saturated rings. The molecule has 2 unspecified atom stereocenters. The average molecular weight is 278 g/mol. The molecule has 3 N–H and O–H groups in total. The van der Waals surface area contributed by atoms with E-state index in [0.29, 0.717) is 32.6 Å². The van der Waals surface area contributed by atoms with E-state index in [1.165, 1.54) is 5.56 Å².